The molecule has 27 heavy (non-hydrogen) atoms. The molecule has 0 aromatic heterocycles. The number of nitrogens with zero attached hydrogens (tertiary/aromatic N) is 2. The number of halogens is 5. The van der Waals surface area contributed by atoms with E-state index in [9.17, 15) is 27.2 Å². The number of anilines is 1. The summed E-state index contributed by atoms with van der Waals surface area (Å²) in [6.45, 7) is -0.126. The van der Waals surface area contributed by atoms with Crippen LogP contribution in [0.2, 0.25) is 5.02 Å². The highest BCUT2D eigenvalue weighted by molar-refractivity contribution is 6.41. The minimum atomic E-state index is -4.65. The maximum Gasteiger partial charge on any atom is 0.418 e. The molecule has 4 nitrogen and oxygen atoms in total. The van der Waals surface area contributed by atoms with E-state index in [0.29, 0.717) is 5.56 Å². The largest absolute Gasteiger partial charge is 0.418 e. The number of amides is 2. The van der Waals surface area contributed by atoms with Crippen molar-refractivity contribution in [3.8, 4) is 0 Å². The number of alkyl halides is 3. The summed E-state index contributed by atoms with van der Waals surface area (Å²) in [5.74, 6) is -2.55. The molecule has 2 aromatic rings. The molecule has 0 spiro atoms. The Labute approximate surface area is 156 Å². The number of benzene rings is 2. The fourth-order valence-electron chi connectivity index (χ4n) is 2.86. The predicted molar refractivity (Wildman–Crippen MR) is 90.6 cm³/mol. The SMILES string of the molecule is O=C1C(=O)N(c2ccccc2C(F)(F)F)CCN1Cc1ccc(F)cc1Cl. The van der Waals surface area contributed by atoms with Gasteiger partial charge in [-0.05, 0) is 29.8 Å². The molecule has 1 aliphatic rings. The van der Waals surface area contributed by atoms with Crippen LogP contribution in [0.15, 0.2) is 42.5 Å². The summed E-state index contributed by atoms with van der Waals surface area (Å²) in [5, 5.41) is 0.0973. The van der Waals surface area contributed by atoms with Crippen LogP contribution >= 0.6 is 11.6 Å². The number of carbonyl (C=O) groups excluding carboxylic acids is 2. The lowest BCUT2D eigenvalue weighted by Gasteiger charge is -2.35. The number of hydrogen-bond donors (Lipinski definition) is 0. The van der Waals surface area contributed by atoms with Gasteiger partial charge in [-0.3, -0.25) is 9.59 Å². The van der Waals surface area contributed by atoms with Crippen molar-refractivity contribution in [2.45, 2.75) is 12.7 Å². The quantitative estimate of drug-likeness (QED) is 0.579. The zero-order chi connectivity index (χ0) is 19.8. The Bertz CT molecular complexity index is 901. The van der Waals surface area contributed by atoms with Crippen LogP contribution in [-0.4, -0.2) is 29.8 Å². The lowest BCUT2D eigenvalue weighted by Crippen LogP contribution is -2.54. The molecule has 0 aliphatic carbocycles. The highest BCUT2D eigenvalue weighted by Crippen LogP contribution is 2.37. The third-order valence-corrected chi connectivity index (χ3v) is 4.54. The number of piperazine rings is 1. The van der Waals surface area contributed by atoms with Gasteiger partial charge >= 0.3 is 18.0 Å². The Hall–Kier alpha value is -2.61. The van der Waals surface area contributed by atoms with Gasteiger partial charge in [0.15, 0.2) is 0 Å². The molecule has 0 unspecified atom stereocenters. The van der Waals surface area contributed by atoms with Crippen LogP contribution in [0, 0.1) is 5.82 Å². The van der Waals surface area contributed by atoms with Gasteiger partial charge in [0.05, 0.1) is 11.3 Å². The molecule has 0 N–H and O–H groups in total. The van der Waals surface area contributed by atoms with Crippen LogP contribution in [-0.2, 0) is 22.3 Å². The lowest BCUT2D eigenvalue weighted by molar-refractivity contribution is -0.147. The van der Waals surface area contributed by atoms with Gasteiger partial charge in [-0.1, -0.05) is 29.8 Å². The number of carbonyl (C=O) groups is 2. The second-order valence-corrected chi connectivity index (χ2v) is 6.34. The standard InChI is InChI=1S/C18H13ClF4N2O2/c19-14-9-12(20)6-5-11(14)10-24-7-8-25(17(27)16(24)26)15-4-2-1-3-13(15)18(21,22)23/h1-6,9H,7-8,10H2. The van der Waals surface area contributed by atoms with Crippen molar-refractivity contribution in [3.05, 3.63) is 64.4 Å². The summed E-state index contributed by atoms with van der Waals surface area (Å²) in [4.78, 5) is 26.8. The van der Waals surface area contributed by atoms with Gasteiger partial charge in [-0.25, -0.2) is 4.39 Å². The molecule has 0 radical (unpaired) electrons. The normalized spacial score (nSPS) is 15.4. The fraction of sp³-hybridized carbons (Fsp3) is 0.222. The molecule has 2 amide bonds. The smallest absolute Gasteiger partial charge is 0.328 e. The molecule has 2 aromatic carbocycles. The van der Waals surface area contributed by atoms with Crippen molar-refractivity contribution in [2.75, 3.05) is 18.0 Å². The monoisotopic (exact) mass is 400 g/mol. The minimum Gasteiger partial charge on any atom is -0.328 e. The molecule has 9 heteroatoms. The second kappa shape index (κ2) is 7.19. The summed E-state index contributed by atoms with van der Waals surface area (Å²) >= 11 is 5.93. The van der Waals surface area contributed by atoms with Crippen molar-refractivity contribution in [1.29, 1.82) is 0 Å². The molecular formula is C18H13ClF4N2O2. The third kappa shape index (κ3) is 3.90. The van der Waals surface area contributed by atoms with Crippen LogP contribution < -0.4 is 4.90 Å². The first kappa shape index (κ1) is 19.2. The molecule has 0 saturated carbocycles. The first-order valence-corrected chi connectivity index (χ1v) is 8.27. The highest BCUT2D eigenvalue weighted by atomic mass is 35.5. The van der Waals surface area contributed by atoms with E-state index < -0.39 is 29.4 Å². The van der Waals surface area contributed by atoms with E-state index in [1.807, 2.05) is 0 Å². The number of hydrogen-bond acceptors (Lipinski definition) is 2. The van der Waals surface area contributed by atoms with Crippen molar-refractivity contribution < 1.29 is 27.2 Å². The zero-order valence-corrected chi connectivity index (χ0v) is 14.5. The van der Waals surface area contributed by atoms with Gasteiger partial charge in [0.25, 0.3) is 0 Å². The van der Waals surface area contributed by atoms with E-state index in [0.717, 1.165) is 23.1 Å². The highest BCUT2D eigenvalue weighted by Gasteiger charge is 2.39. The summed E-state index contributed by atoms with van der Waals surface area (Å²) in [6, 6.07) is 8.24. The Morgan fingerprint density at radius 1 is 1.00 bits per heavy atom. The summed E-state index contributed by atoms with van der Waals surface area (Å²) in [5.41, 5.74) is -0.910. The Morgan fingerprint density at radius 2 is 1.70 bits per heavy atom. The minimum absolute atomic E-state index is 0.0183. The van der Waals surface area contributed by atoms with E-state index in [4.69, 9.17) is 11.6 Å². The van der Waals surface area contributed by atoms with Crippen LogP contribution in [0.4, 0.5) is 23.2 Å². The van der Waals surface area contributed by atoms with Crippen LogP contribution in [0.5, 0.6) is 0 Å². The van der Waals surface area contributed by atoms with Crippen LogP contribution in [0.1, 0.15) is 11.1 Å². The van der Waals surface area contributed by atoms with Gasteiger partial charge in [0, 0.05) is 24.7 Å². The van der Waals surface area contributed by atoms with Crippen molar-refractivity contribution in [1.82, 2.24) is 4.90 Å². The fourth-order valence-corrected chi connectivity index (χ4v) is 3.09. The molecule has 3 rings (SSSR count). The van der Waals surface area contributed by atoms with Gasteiger partial charge in [0.2, 0.25) is 0 Å². The van der Waals surface area contributed by atoms with Gasteiger partial charge in [-0.2, -0.15) is 13.2 Å². The molecule has 142 valence electrons. The predicted octanol–water partition coefficient (Wildman–Crippen LogP) is 3.87. The summed E-state index contributed by atoms with van der Waals surface area (Å²) in [6.07, 6.45) is -4.65. The lowest BCUT2D eigenvalue weighted by atomic mass is 10.1. The summed E-state index contributed by atoms with van der Waals surface area (Å²) in [7, 11) is 0. The Balaban J connectivity index is 1.83. The molecule has 0 atom stereocenters. The van der Waals surface area contributed by atoms with Crippen LogP contribution in [0.3, 0.4) is 0 Å². The van der Waals surface area contributed by atoms with Crippen LogP contribution in [0.25, 0.3) is 0 Å². The molecule has 1 saturated heterocycles. The first-order valence-electron chi connectivity index (χ1n) is 7.89. The van der Waals surface area contributed by atoms with E-state index in [1.165, 1.54) is 29.2 Å². The average molecular weight is 401 g/mol. The maximum atomic E-state index is 13.2. The van der Waals surface area contributed by atoms with Crippen molar-refractivity contribution in [2.24, 2.45) is 0 Å². The molecule has 0 bridgehead atoms. The molecule has 1 fully saturated rings. The van der Waals surface area contributed by atoms with E-state index >= 15 is 0 Å². The van der Waals surface area contributed by atoms with Gasteiger partial charge in [0.1, 0.15) is 5.82 Å². The first-order chi connectivity index (χ1) is 12.7. The second-order valence-electron chi connectivity index (χ2n) is 5.93. The Kier molecular flexibility index (Phi) is 5.10. The van der Waals surface area contributed by atoms with Crippen molar-refractivity contribution in [3.63, 3.8) is 0 Å². The molecule has 1 aliphatic heterocycles. The Morgan fingerprint density at radius 3 is 2.37 bits per heavy atom. The third-order valence-electron chi connectivity index (χ3n) is 4.19. The van der Waals surface area contributed by atoms with Gasteiger partial charge < -0.3 is 9.80 Å². The number of rotatable bonds is 3. The van der Waals surface area contributed by atoms with Gasteiger partial charge in [-0.15, -0.1) is 0 Å². The number of para-hydroxylation sites is 1. The molecule has 1 heterocycles. The van der Waals surface area contributed by atoms with Crippen molar-refractivity contribution >= 4 is 29.1 Å². The van der Waals surface area contributed by atoms with E-state index in [-0.39, 0.29) is 30.3 Å². The topological polar surface area (TPSA) is 40.6 Å². The summed E-state index contributed by atoms with van der Waals surface area (Å²) < 4.78 is 52.7. The zero-order valence-electron chi connectivity index (χ0n) is 13.8. The molecular weight excluding hydrogens is 388 g/mol. The van der Waals surface area contributed by atoms with E-state index in [2.05, 4.69) is 0 Å². The average Bonchev–Trinajstić information content (AvgIpc) is 2.60. The maximum absolute atomic E-state index is 13.2. The van der Waals surface area contributed by atoms with E-state index in [1.54, 1.807) is 0 Å².